The molecule has 4 aromatic rings. The molecule has 0 saturated carbocycles. The van der Waals surface area contributed by atoms with Crippen LogP contribution in [-0.2, 0) is 22.2 Å². The van der Waals surface area contributed by atoms with E-state index in [9.17, 15) is 27.6 Å². The van der Waals surface area contributed by atoms with Crippen LogP contribution in [0, 0.1) is 5.92 Å². The minimum absolute atomic E-state index is 0.0518. The summed E-state index contributed by atoms with van der Waals surface area (Å²) in [5.41, 5.74) is 0.0604. The SMILES string of the molecule is CCCNC(=O)Nc1cc(-c2nc(C(F)(F)F)cs2)c(-c2ccc3c(c2)c(=O)c(C(=O)OCC)cn3CCC2CCOCC2)cn1. The third kappa shape index (κ3) is 7.56. The number of urea groups is 1. The number of rotatable bonds is 10. The number of aromatic nitrogens is 3. The molecule has 1 aromatic carbocycles. The lowest BCUT2D eigenvalue weighted by molar-refractivity contribution is -0.140. The number of pyridine rings is 2. The molecule has 0 atom stereocenters. The highest BCUT2D eigenvalue weighted by Crippen LogP contribution is 2.39. The van der Waals surface area contributed by atoms with Gasteiger partial charge in [-0.3, -0.25) is 10.1 Å². The van der Waals surface area contributed by atoms with Crippen molar-refractivity contribution < 1.29 is 32.2 Å². The number of carbonyl (C=O) groups is 2. The van der Waals surface area contributed by atoms with Gasteiger partial charge in [-0.05, 0) is 62.3 Å². The van der Waals surface area contributed by atoms with Gasteiger partial charge in [-0.15, -0.1) is 11.3 Å². The van der Waals surface area contributed by atoms with Crippen LogP contribution in [0.3, 0.4) is 0 Å². The van der Waals surface area contributed by atoms with E-state index in [-0.39, 0.29) is 33.9 Å². The van der Waals surface area contributed by atoms with Gasteiger partial charge < -0.3 is 19.4 Å². The van der Waals surface area contributed by atoms with E-state index >= 15 is 0 Å². The Morgan fingerprint density at radius 3 is 2.63 bits per heavy atom. The maximum Gasteiger partial charge on any atom is 0.434 e. The highest BCUT2D eigenvalue weighted by molar-refractivity contribution is 7.13. The van der Waals surface area contributed by atoms with E-state index in [0.717, 1.165) is 36.0 Å². The fourth-order valence-electron chi connectivity index (χ4n) is 5.32. The summed E-state index contributed by atoms with van der Waals surface area (Å²) < 4.78 is 53.0. The maximum atomic E-state index is 13.7. The maximum absolute atomic E-state index is 13.7. The topological polar surface area (TPSA) is 124 Å². The molecule has 3 aromatic heterocycles. The molecule has 10 nitrogen and oxygen atoms in total. The predicted octanol–water partition coefficient (Wildman–Crippen LogP) is 6.73. The summed E-state index contributed by atoms with van der Waals surface area (Å²) in [5, 5.41) is 6.49. The van der Waals surface area contributed by atoms with Gasteiger partial charge in [-0.25, -0.2) is 19.6 Å². The third-order valence-electron chi connectivity index (χ3n) is 7.71. The molecular formula is C32H34F3N5O5S. The quantitative estimate of drug-likeness (QED) is 0.181. The zero-order chi connectivity index (χ0) is 32.8. The minimum atomic E-state index is -4.65. The number of hydrogen-bond acceptors (Lipinski definition) is 8. The Bertz CT molecular complexity index is 1780. The molecule has 244 valence electrons. The van der Waals surface area contributed by atoms with Crippen LogP contribution >= 0.6 is 11.3 Å². The fraction of sp³-hybridized carbons (Fsp3) is 0.406. The van der Waals surface area contributed by atoms with Gasteiger partial charge in [0.25, 0.3) is 0 Å². The minimum Gasteiger partial charge on any atom is -0.462 e. The molecule has 14 heteroatoms. The number of carbonyl (C=O) groups excluding carboxylic acids is 2. The number of aryl methyl sites for hydroxylation is 1. The highest BCUT2D eigenvalue weighted by atomic mass is 32.1. The van der Waals surface area contributed by atoms with E-state index in [2.05, 4.69) is 20.6 Å². The molecule has 1 saturated heterocycles. The highest BCUT2D eigenvalue weighted by Gasteiger charge is 2.34. The number of ether oxygens (including phenoxy) is 2. The molecule has 2 amide bonds. The van der Waals surface area contributed by atoms with Gasteiger partial charge in [0.2, 0.25) is 5.43 Å². The Kier molecular flexibility index (Phi) is 10.4. The summed E-state index contributed by atoms with van der Waals surface area (Å²) in [7, 11) is 0. The van der Waals surface area contributed by atoms with Gasteiger partial charge in [0.15, 0.2) is 5.69 Å². The second kappa shape index (κ2) is 14.4. The van der Waals surface area contributed by atoms with Crippen molar-refractivity contribution in [3.05, 3.63) is 63.5 Å². The van der Waals surface area contributed by atoms with E-state index in [4.69, 9.17) is 9.47 Å². The molecule has 0 spiro atoms. The molecule has 5 rings (SSSR count). The first-order valence-corrected chi connectivity index (χ1v) is 16.0. The number of benzene rings is 1. The summed E-state index contributed by atoms with van der Waals surface area (Å²) in [6.45, 7) is 6.03. The lowest BCUT2D eigenvalue weighted by Gasteiger charge is -2.23. The Morgan fingerprint density at radius 1 is 1.15 bits per heavy atom. The molecule has 4 heterocycles. The molecule has 2 N–H and O–H groups in total. The van der Waals surface area contributed by atoms with Crippen LogP contribution in [0.15, 0.2) is 46.8 Å². The summed E-state index contributed by atoms with van der Waals surface area (Å²) in [5.74, 6) is -0.184. The van der Waals surface area contributed by atoms with E-state index in [1.807, 2.05) is 11.5 Å². The first kappa shape index (κ1) is 33.1. The van der Waals surface area contributed by atoms with Crippen molar-refractivity contribution in [1.82, 2.24) is 19.9 Å². The summed E-state index contributed by atoms with van der Waals surface area (Å²) in [6, 6.07) is 6.04. The number of thiazole rings is 1. The van der Waals surface area contributed by atoms with Crippen LogP contribution in [-0.4, -0.2) is 52.9 Å². The number of nitrogens with zero attached hydrogens (tertiary/aromatic N) is 3. The molecular weight excluding hydrogens is 623 g/mol. The van der Waals surface area contributed by atoms with Crippen molar-refractivity contribution in [3.63, 3.8) is 0 Å². The molecule has 1 fully saturated rings. The lowest BCUT2D eigenvalue weighted by atomic mass is 9.96. The summed E-state index contributed by atoms with van der Waals surface area (Å²) in [4.78, 5) is 47.0. The Morgan fingerprint density at radius 2 is 1.93 bits per heavy atom. The Hall–Kier alpha value is -4.30. The fourth-order valence-corrected chi connectivity index (χ4v) is 6.17. The average molecular weight is 658 g/mol. The number of hydrogen-bond donors (Lipinski definition) is 2. The molecule has 0 aliphatic carbocycles. The van der Waals surface area contributed by atoms with Gasteiger partial charge in [0.05, 0.1) is 12.1 Å². The molecule has 46 heavy (non-hydrogen) atoms. The van der Waals surface area contributed by atoms with E-state index in [0.29, 0.717) is 55.3 Å². The van der Waals surface area contributed by atoms with Crippen molar-refractivity contribution in [1.29, 1.82) is 0 Å². The van der Waals surface area contributed by atoms with E-state index in [1.165, 1.54) is 18.5 Å². The van der Waals surface area contributed by atoms with E-state index in [1.54, 1.807) is 25.1 Å². The van der Waals surface area contributed by atoms with Crippen LogP contribution in [0.2, 0.25) is 0 Å². The van der Waals surface area contributed by atoms with Crippen LogP contribution in [0.4, 0.5) is 23.8 Å². The van der Waals surface area contributed by atoms with Gasteiger partial charge in [0.1, 0.15) is 16.4 Å². The largest absolute Gasteiger partial charge is 0.462 e. The van der Waals surface area contributed by atoms with Crippen LogP contribution in [0.25, 0.3) is 32.6 Å². The van der Waals surface area contributed by atoms with Gasteiger partial charge in [-0.2, -0.15) is 13.2 Å². The molecule has 0 bridgehead atoms. The van der Waals surface area contributed by atoms with Crippen molar-refractivity contribution in [2.45, 2.75) is 52.3 Å². The molecule has 1 aliphatic heterocycles. The number of anilines is 1. The number of halogens is 3. The van der Waals surface area contributed by atoms with Crippen molar-refractivity contribution in [3.8, 4) is 21.7 Å². The number of fused-ring (bicyclic) bond motifs is 1. The van der Waals surface area contributed by atoms with Crippen molar-refractivity contribution in [2.75, 3.05) is 31.7 Å². The van der Waals surface area contributed by atoms with Gasteiger partial charge >= 0.3 is 18.2 Å². The monoisotopic (exact) mass is 657 g/mol. The standard InChI is InChI=1S/C32H34F3N5O5S/c1-3-10-36-31(43)39-27-15-21(29-38-26(18-46-29)32(33,34)35)23(16-37-27)20-5-6-25-22(14-20)28(41)24(30(42)45-4-2)17-40(25)11-7-19-8-12-44-13-9-19/h5-6,14-19H,3-4,7-13H2,1-2H3,(H2,36,37,39,43). The molecule has 0 unspecified atom stereocenters. The van der Waals surface area contributed by atoms with Crippen molar-refractivity contribution >= 4 is 40.1 Å². The zero-order valence-electron chi connectivity index (χ0n) is 25.4. The predicted molar refractivity (Wildman–Crippen MR) is 169 cm³/mol. The van der Waals surface area contributed by atoms with Crippen LogP contribution in [0.5, 0.6) is 0 Å². The smallest absolute Gasteiger partial charge is 0.434 e. The normalized spacial score (nSPS) is 13.9. The van der Waals surface area contributed by atoms with Crippen LogP contribution < -0.4 is 16.1 Å². The number of nitrogens with one attached hydrogen (secondary N) is 2. The second-order valence-corrected chi connectivity index (χ2v) is 11.8. The summed E-state index contributed by atoms with van der Waals surface area (Å²) in [6.07, 6.45) is 1.70. The molecule has 0 radical (unpaired) electrons. The van der Waals surface area contributed by atoms with Gasteiger partial charge in [0, 0.05) is 60.6 Å². The third-order valence-corrected chi connectivity index (χ3v) is 8.59. The van der Waals surface area contributed by atoms with Gasteiger partial charge in [-0.1, -0.05) is 13.0 Å². The lowest BCUT2D eigenvalue weighted by Crippen LogP contribution is -2.29. The summed E-state index contributed by atoms with van der Waals surface area (Å²) >= 11 is 0.798. The number of alkyl halides is 3. The number of amides is 2. The van der Waals surface area contributed by atoms with Crippen molar-refractivity contribution in [2.24, 2.45) is 5.92 Å². The number of esters is 1. The van der Waals surface area contributed by atoms with Crippen LogP contribution in [0.1, 0.15) is 55.6 Å². The average Bonchev–Trinajstić information content (AvgIpc) is 3.55. The molecule has 1 aliphatic rings. The Labute approximate surface area is 267 Å². The Balaban J connectivity index is 1.61. The zero-order valence-corrected chi connectivity index (χ0v) is 26.2. The second-order valence-electron chi connectivity index (χ2n) is 10.9. The first-order valence-electron chi connectivity index (χ1n) is 15.1. The first-order chi connectivity index (χ1) is 22.1. The van der Waals surface area contributed by atoms with E-state index < -0.39 is 29.3 Å².